The van der Waals surface area contributed by atoms with Crippen LogP contribution in [0.25, 0.3) is 121 Å². The molecule has 0 spiro atoms. The van der Waals surface area contributed by atoms with Crippen LogP contribution in [0.2, 0.25) is 0 Å². The van der Waals surface area contributed by atoms with E-state index in [0.29, 0.717) is 17.5 Å². The third-order valence-electron chi connectivity index (χ3n) is 11.5. The monoisotopic (exact) mass is 725 g/mol. The summed E-state index contributed by atoms with van der Waals surface area (Å²) in [5, 5.41) is 13.9. The molecule has 12 rings (SSSR count). The maximum Gasteiger partial charge on any atom is 0.164 e. The molecule has 0 bridgehead atoms. The van der Waals surface area contributed by atoms with Crippen molar-refractivity contribution in [3.63, 3.8) is 0 Å². The molecule has 57 heavy (non-hydrogen) atoms. The number of fused-ring (bicyclic) bond motifs is 10. The van der Waals surface area contributed by atoms with Crippen LogP contribution < -0.4 is 0 Å². The van der Waals surface area contributed by atoms with E-state index in [0.717, 1.165) is 55.0 Å². The van der Waals surface area contributed by atoms with Crippen molar-refractivity contribution < 1.29 is 4.42 Å². The predicted octanol–water partition coefficient (Wildman–Crippen LogP) is 14.2. The van der Waals surface area contributed by atoms with Gasteiger partial charge in [0.15, 0.2) is 17.5 Å². The number of rotatable bonds is 4. The van der Waals surface area contributed by atoms with Crippen molar-refractivity contribution in [2.24, 2.45) is 0 Å². The van der Waals surface area contributed by atoms with E-state index in [-0.39, 0.29) is 0 Å². The lowest BCUT2D eigenvalue weighted by molar-refractivity contribution is 0.669. The average Bonchev–Trinajstić information content (AvgIpc) is 3.66. The maximum atomic E-state index is 6.63. The Balaban J connectivity index is 1.08. The Kier molecular flexibility index (Phi) is 6.89. The zero-order chi connectivity index (χ0) is 37.5. The fraction of sp³-hybridized carbons (Fsp3) is 0. The Morgan fingerprint density at radius 1 is 0.281 bits per heavy atom. The topological polar surface area (TPSA) is 51.8 Å². The van der Waals surface area contributed by atoms with E-state index in [2.05, 4.69) is 176 Å². The zero-order valence-corrected chi connectivity index (χ0v) is 30.6. The molecule has 0 aliphatic rings. The highest BCUT2D eigenvalue weighted by atomic mass is 16.3. The van der Waals surface area contributed by atoms with Gasteiger partial charge in [-0.25, -0.2) is 15.0 Å². The number of aromatic nitrogens is 3. The average molecular weight is 726 g/mol. The van der Waals surface area contributed by atoms with Gasteiger partial charge in [-0.05, 0) is 95.3 Å². The standard InChI is InChI=1S/C53H31N3O/c1-4-13-40-32(9-1)12-7-16-43(40)37-27-28-44-49(31-37)57-48-18-8-17-45(50(44)48)53-55-51(38-25-23-35-21-19-33-10-2-5-14-41(33)46(35)29-38)54-52(56-53)39-26-24-36-22-20-34-11-3-6-15-42(34)47(36)30-39/h1-31H. The molecule has 0 aliphatic carbocycles. The fourth-order valence-corrected chi connectivity index (χ4v) is 8.69. The summed E-state index contributed by atoms with van der Waals surface area (Å²) < 4.78 is 6.63. The van der Waals surface area contributed by atoms with Crippen molar-refractivity contribution in [1.82, 2.24) is 15.0 Å². The van der Waals surface area contributed by atoms with E-state index >= 15 is 0 Å². The van der Waals surface area contributed by atoms with E-state index in [1.165, 1.54) is 48.7 Å². The molecular formula is C53H31N3O. The molecular weight excluding hydrogens is 695 g/mol. The van der Waals surface area contributed by atoms with Crippen LogP contribution in [0.15, 0.2) is 192 Å². The quantitative estimate of drug-likeness (QED) is 0.170. The van der Waals surface area contributed by atoms with Gasteiger partial charge >= 0.3 is 0 Å². The van der Waals surface area contributed by atoms with E-state index in [9.17, 15) is 0 Å². The lowest BCUT2D eigenvalue weighted by atomic mass is 9.97. The van der Waals surface area contributed by atoms with Gasteiger partial charge in [0.25, 0.3) is 0 Å². The summed E-state index contributed by atoms with van der Waals surface area (Å²) in [7, 11) is 0. The first kappa shape index (κ1) is 31.6. The molecule has 0 aliphatic heterocycles. The fourth-order valence-electron chi connectivity index (χ4n) is 8.69. The SMILES string of the molecule is c1ccc2c(-c3ccc4c(c3)oc3cccc(-c5nc(-c6ccc7ccc8ccccc8c7c6)nc(-c6ccc7ccc8ccccc8c7c6)n5)c34)cccc2c1. The van der Waals surface area contributed by atoms with Crippen LogP contribution in [0, 0.1) is 0 Å². The number of benzene rings is 10. The van der Waals surface area contributed by atoms with Crippen LogP contribution in [-0.2, 0) is 0 Å². The Labute approximate surface area is 327 Å². The largest absolute Gasteiger partial charge is 0.456 e. The molecule has 4 nitrogen and oxygen atoms in total. The molecule has 0 radical (unpaired) electrons. The molecule has 12 aromatic rings. The van der Waals surface area contributed by atoms with E-state index in [4.69, 9.17) is 19.4 Å². The van der Waals surface area contributed by atoms with Crippen molar-refractivity contribution in [3.8, 4) is 45.3 Å². The van der Waals surface area contributed by atoms with Crippen LogP contribution in [-0.4, -0.2) is 15.0 Å². The molecule has 0 N–H and O–H groups in total. The van der Waals surface area contributed by atoms with Crippen molar-refractivity contribution in [2.75, 3.05) is 0 Å². The van der Waals surface area contributed by atoms with Crippen molar-refractivity contribution in [2.45, 2.75) is 0 Å². The molecule has 0 saturated carbocycles. The first-order valence-corrected chi connectivity index (χ1v) is 19.3. The molecule has 4 heteroatoms. The molecule has 0 amide bonds. The molecule has 2 heterocycles. The van der Waals surface area contributed by atoms with E-state index in [1.807, 2.05) is 12.1 Å². The van der Waals surface area contributed by atoms with Gasteiger partial charge in [0, 0.05) is 27.5 Å². The second kappa shape index (κ2) is 12.4. The van der Waals surface area contributed by atoms with Crippen molar-refractivity contribution in [3.05, 3.63) is 188 Å². The van der Waals surface area contributed by atoms with Gasteiger partial charge in [0.1, 0.15) is 11.2 Å². The first-order valence-electron chi connectivity index (χ1n) is 19.3. The minimum Gasteiger partial charge on any atom is -0.456 e. The minimum absolute atomic E-state index is 0.595. The van der Waals surface area contributed by atoms with Crippen LogP contribution >= 0.6 is 0 Å². The van der Waals surface area contributed by atoms with Crippen LogP contribution in [0.5, 0.6) is 0 Å². The number of hydrogen-bond acceptors (Lipinski definition) is 4. The Hall–Kier alpha value is -7.69. The van der Waals surface area contributed by atoms with Gasteiger partial charge < -0.3 is 4.42 Å². The Bertz CT molecular complexity index is 3460. The van der Waals surface area contributed by atoms with Crippen LogP contribution in [0.4, 0.5) is 0 Å². The normalized spacial score (nSPS) is 11.9. The second-order valence-corrected chi connectivity index (χ2v) is 14.8. The summed E-state index contributed by atoms with van der Waals surface area (Å²) in [6.45, 7) is 0. The van der Waals surface area contributed by atoms with Crippen LogP contribution in [0.1, 0.15) is 0 Å². The summed E-state index contributed by atoms with van der Waals surface area (Å²) in [5.74, 6) is 1.83. The minimum atomic E-state index is 0.595. The highest BCUT2D eigenvalue weighted by Gasteiger charge is 2.19. The van der Waals surface area contributed by atoms with Crippen molar-refractivity contribution in [1.29, 1.82) is 0 Å². The van der Waals surface area contributed by atoms with Gasteiger partial charge in [-0.3, -0.25) is 0 Å². The first-order chi connectivity index (χ1) is 28.2. The maximum absolute atomic E-state index is 6.63. The molecule has 10 aromatic carbocycles. The highest BCUT2D eigenvalue weighted by molar-refractivity contribution is 6.14. The predicted molar refractivity (Wildman–Crippen MR) is 236 cm³/mol. The smallest absolute Gasteiger partial charge is 0.164 e. The molecule has 0 saturated heterocycles. The highest BCUT2D eigenvalue weighted by Crippen LogP contribution is 2.40. The van der Waals surface area contributed by atoms with Gasteiger partial charge in [0.05, 0.1) is 0 Å². The number of furan rings is 1. The van der Waals surface area contributed by atoms with Crippen LogP contribution in [0.3, 0.4) is 0 Å². The van der Waals surface area contributed by atoms with Gasteiger partial charge in [-0.15, -0.1) is 0 Å². The van der Waals surface area contributed by atoms with Gasteiger partial charge in [-0.2, -0.15) is 0 Å². The third kappa shape index (κ3) is 5.12. The zero-order valence-electron chi connectivity index (χ0n) is 30.6. The van der Waals surface area contributed by atoms with E-state index in [1.54, 1.807) is 0 Å². The molecule has 0 fully saturated rings. The molecule has 2 aromatic heterocycles. The molecule has 264 valence electrons. The second-order valence-electron chi connectivity index (χ2n) is 14.8. The Morgan fingerprint density at radius 2 is 0.754 bits per heavy atom. The summed E-state index contributed by atoms with van der Waals surface area (Å²) in [6, 6.07) is 66.4. The summed E-state index contributed by atoms with van der Waals surface area (Å²) in [5.41, 5.74) is 6.64. The summed E-state index contributed by atoms with van der Waals surface area (Å²) in [6.07, 6.45) is 0. The molecule has 0 atom stereocenters. The summed E-state index contributed by atoms with van der Waals surface area (Å²) in [4.78, 5) is 15.8. The lowest BCUT2D eigenvalue weighted by Gasteiger charge is -2.11. The number of nitrogens with zero attached hydrogens (tertiary/aromatic N) is 3. The van der Waals surface area contributed by atoms with Gasteiger partial charge in [0.2, 0.25) is 0 Å². The van der Waals surface area contributed by atoms with Crippen molar-refractivity contribution >= 4 is 75.8 Å². The lowest BCUT2D eigenvalue weighted by Crippen LogP contribution is -2.00. The summed E-state index contributed by atoms with van der Waals surface area (Å²) >= 11 is 0. The molecule has 0 unspecified atom stereocenters. The van der Waals surface area contributed by atoms with Gasteiger partial charge in [-0.1, -0.05) is 158 Å². The number of hydrogen-bond donors (Lipinski definition) is 0. The Morgan fingerprint density at radius 3 is 1.40 bits per heavy atom. The van der Waals surface area contributed by atoms with E-state index < -0.39 is 0 Å². The third-order valence-corrected chi connectivity index (χ3v) is 11.5.